The lowest BCUT2D eigenvalue weighted by molar-refractivity contribution is -0.123. The predicted octanol–water partition coefficient (Wildman–Crippen LogP) is 3.08. The van der Waals surface area contributed by atoms with Crippen LogP contribution in [0.2, 0.25) is 5.02 Å². The zero-order valence-electron chi connectivity index (χ0n) is 15.8. The number of pyridine rings is 1. The van der Waals surface area contributed by atoms with Crippen LogP contribution in [0.4, 0.5) is 5.82 Å². The third-order valence-corrected chi connectivity index (χ3v) is 5.36. The number of amides is 2. The molecule has 0 bridgehead atoms. The fourth-order valence-corrected chi connectivity index (χ4v) is 3.73. The van der Waals surface area contributed by atoms with Crippen LogP contribution in [0.5, 0.6) is 0 Å². The van der Waals surface area contributed by atoms with Gasteiger partial charge in [0.1, 0.15) is 11.6 Å². The summed E-state index contributed by atoms with van der Waals surface area (Å²) < 4.78 is 1.94. The minimum atomic E-state index is -0.143. The number of rotatable bonds is 4. The molecule has 2 aromatic rings. The number of halogens is 1. The van der Waals surface area contributed by atoms with E-state index >= 15 is 0 Å². The van der Waals surface area contributed by atoms with Gasteiger partial charge in [0.15, 0.2) is 0 Å². The molecule has 8 heteroatoms. The van der Waals surface area contributed by atoms with Crippen molar-refractivity contribution in [3.8, 4) is 11.3 Å². The first-order chi connectivity index (χ1) is 12.8. The summed E-state index contributed by atoms with van der Waals surface area (Å²) in [4.78, 5) is 32.5. The molecular formula is C19H24ClN5O2. The molecule has 27 heavy (non-hydrogen) atoms. The van der Waals surface area contributed by atoms with Crippen molar-refractivity contribution in [3.05, 3.63) is 29.3 Å². The molecule has 1 aliphatic rings. The van der Waals surface area contributed by atoms with Crippen molar-refractivity contribution in [2.24, 2.45) is 13.0 Å². The lowest BCUT2D eigenvalue weighted by Gasteiger charge is -2.28. The first kappa shape index (κ1) is 19.4. The van der Waals surface area contributed by atoms with Gasteiger partial charge in [0.2, 0.25) is 11.8 Å². The number of nitrogens with one attached hydrogen (secondary N) is 2. The van der Waals surface area contributed by atoms with Gasteiger partial charge in [-0.25, -0.2) is 9.97 Å². The van der Waals surface area contributed by atoms with Crippen molar-refractivity contribution in [2.75, 3.05) is 5.32 Å². The number of hydrogen-bond donors (Lipinski definition) is 2. The Bertz CT molecular complexity index is 864. The van der Waals surface area contributed by atoms with Gasteiger partial charge in [-0.3, -0.25) is 9.59 Å². The fraction of sp³-hybridized carbons (Fsp3) is 0.474. The number of aryl methyl sites for hydroxylation is 1. The van der Waals surface area contributed by atoms with Gasteiger partial charge in [0.05, 0.1) is 16.9 Å². The molecule has 0 spiro atoms. The molecule has 0 unspecified atom stereocenters. The normalized spacial score (nSPS) is 19.6. The minimum absolute atomic E-state index is 0.0538. The van der Waals surface area contributed by atoms with Gasteiger partial charge in [0, 0.05) is 37.7 Å². The van der Waals surface area contributed by atoms with E-state index in [9.17, 15) is 9.59 Å². The van der Waals surface area contributed by atoms with Gasteiger partial charge in [-0.2, -0.15) is 0 Å². The van der Waals surface area contributed by atoms with E-state index in [2.05, 4.69) is 20.6 Å². The minimum Gasteiger partial charge on any atom is -0.354 e. The Hall–Kier alpha value is -2.41. The maximum absolute atomic E-state index is 12.7. The van der Waals surface area contributed by atoms with Gasteiger partial charge in [0.25, 0.3) is 0 Å². The zero-order valence-corrected chi connectivity index (χ0v) is 16.5. The molecule has 0 aromatic carbocycles. The van der Waals surface area contributed by atoms with E-state index in [1.807, 2.05) is 18.5 Å². The largest absolute Gasteiger partial charge is 0.354 e. The first-order valence-electron chi connectivity index (χ1n) is 9.07. The van der Waals surface area contributed by atoms with Crippen LogP contribution in [-0.2, 0) is 16.6 Å². The van der Waals surface area contributed by atoms with Crippen molar-refractivity contribution >= 4 is 29.2 Å². The summed E-state index contributed by atoms with van der Waals surface area (Å²) in [6.45, 7) is 3.42. The number of nitrogens with zero attached hydrogens (tertiary/aromatic N) is 3. The van der Waals surface area contributed by atoms with Gasteiger partial charge in [-0.1, -0.05) is 18.0 Å². The highest BCUT2D eigenvalue weighted by Gasteiger charge is 2.28. The van der Waals surface area contributed by atoms with E-state index in [-0.39, 0.29) is 23.8 Å². The van der Waals surface area contributed by atoms with Crippen LogP contribution >= 0.6 is 11.6 Å². The van der Waals surface area contributed by atoms with Crippen molar-refractivity contribution in [1.82, 2.24) is 19.9 Å². The number of anilines is 1. The number of carbonyl (C=O) groups excluding carboxylic acids is 2. The average Bonchev–Trinajstić information content (AvgIpc) is 2.95. The molecule has 0 saturated heterocycles. The average molecular weight is 390 g/mol. The Morgan fingerprint density at radius 3 is 2.70 bits per heavy atom. The lowest BCUT2D eigenvalue weighted by atomic mass is 9.85. The van der Waals surface area contributed by atoms with Crippen molar-refractivity contribution in [2.45, 2.75) is 45.6 Å². The maximum Gasteiger partial charge on any atom is 0.228 e. The van der Waals surface area contributed by atoms with Crippen molar-refractivity contribution < 1.29 is 9.59 Å². The Morgan fingerprint density at radius 2 is 2.04 bits per heavy atom. The molecule has 3 rings (SSSR count). The quantitative estimate of drug-likeness (QED) is 0.840. The molecule has 0 aliphatic heterocycles. The molecule has 2 aromatic heterocycles. The molecule has 2 atom stereocenters. The summed E-state index contributed by atoms with van der Waals surface area (Å²) in [6.07, 6.45) is 6.57. The van der Waals surface area contributed by atoms with Crippen molar-refractivity contribution in [1.29, 1.82) is 0 Å². The Labute approximate surface area is 163 Å². The number of imidazole rings is 1. The van der Waals surface area contributed by atoms with Crippen LogP contribution in [0.1, 0.15) is 38.4 Å². The van der Waals surface area contributed by atoms with Gasteiger partial charge >= 0.3 is 0 Å². The summed E-state index contributed by atoms with van der Waals surface area (Å²) in [5, 5.41) is 6.31. The second-order valence-electron chi connectivity index (χ2n) is 7.05. The summed E-state index contributed by atoms with van der Waals surface area (Å²) in [5.74, 6) is 1.05. The second-order valence-corrected chi connectivity index (χ2v) is 7.46. The van der Waals surface area contributed by atoms with Gasteiger partial charge in [-0.15, -0.1) is 0 Å². The highest BCUT2D eigenvalue weighted by Crippen LogP contribution is 2.30. The number of carbonyl (C=O) groups is 2. The molecule has 144 valence electrons. The number of hydrogen-bond acceptors (Lipinski definition) is 4. The maximum atomic E-state index is 12.7. The van der Waals surface area contributed by atoms with Gasteiger partial charge in [-0.05, 0) is 32.3 Å². The molecule has 1 aliphatic carbocycles. The molecular weight excluding hydrogens is 366 g/mol. The topological polar surface area (TPSA) is 88.9 Å². The van der Waals surface area contributed by atoms with Crippen LogP contribution in [0.25, 0.3) is 11.3 Å². The zero-order chi connectivity index (χ0) is 19.6. The van der Waals surface area contributed by atoms with Gasteiger partial charge < -0.3 is 15.2 Å². The van der Waals surface area contributed by atoms with E-state index in [0.29, 0.717) is 17.3 Å². The third-order valence-electron chi connectivity index (χ3n) is 5.06. The Balaban J connectivity index is 1.74. The molecule has 2 amide bonds. The van der Waals surface area contributed by atoms with Crippen LogP contribution in [0.3, 0.4) is 0 Å². The van der Waals surface area contributed by atoms with E-state index in [4.69, 9.17) is 11.6 Å². The summed E-state index contributed by atoms with van der Waals surface area (Å²) in [6, 6.07) is 1.82. The second kappa shape index (κ2) is 8.08. The Morgan fingerprint density at radius 1 is 1.26 bits per heavy atom. The van der Waals surface area contributed by atoms with E-state index in [1.165, 1.54) is 13.1 Å². The summed E-state index contributed by atoms with van der Waals surface area (Å²) in [7, 11) is 1.91. The van der Waals surface area contributed by atoms with Crippen LogP contribution in [0, 0.1) is 12.8 Å². The SMILES string of the molecule is CC(=O)N[C@@H]1CCC[C@H](C(=O)Nc2cc(-c3cnc(C)n3C)c(Cl)cn2)C1. The molecule has 7 nitrogen and oxygen atoms in total. The standard InChI is InChI=1S/C19H24ClN5O2/c1-11-21-10-17(25(11)3)15-8-18(22-9-16(15)20)24-19(27)13-5-4-6-14(7-13)23-12(2)26/h8-10,13-14H,4-7H2,1-3H3,(H,23,26)(H,22,24,27)/t13-,14+/m0/s1. The lowest BCUT2D eigenvalue weighted by Crippen LogP contribution is -2.40. The summed E-state index contributed by atoms with van der Waals surface area (Å²) in [5.41, 5.74) is 1.63. The monoisotopic (exact) mass is 389 g/mol. The smallest absolute Gasteiger partial charge is 0.228 e. The van der Waals surface area contributed by atoms with Crippen LogP contribution in [-0.4, -0.2) is 32.4 Å². The number of aromatic nitrogens is 3. The fourth-order valence-electron chi connectivity index (χ4n) is 3.53. The van der Waals surface area contributed by atoms with Crippen molar-refractivity contribution in [3.63, 3.8) is 0 Å². The third kappa shape index (κ3) is 4.47. The highest BCUT2D eigenvalue weighted by atomic mass is 35.5. The summed E-state index contributed by atoms with van der Waals surface area (Å²) >= 11 is 6.31. The highest BCUT2D eigenvalue weighted by molar-refractivity contribution is 6.33. The van der Waals surface area contributed by atoms with Crippen LogP contribution < -0.4 is 10.6 Å². The molecule has 1 saturated carbocycles. The van der Waals surface area contributed by atoms with E-state index in [0.717, 1.165) is 36.3 Å². The predicted molar refractivity (Wildman–Crippen MR) is 104 cm³/mol. The molecule has 0 radical (unpaired) electrons. The van der Waals surface area contributed by atoms with E-state index in [1.54, 1.807) is 12.3 Å². The van der Waals surface area contributed by atoms with Crippen LogP contribution in [0.15, 0.2) is 18.5 Å². The van der Waals surface area contributed by atoms with E-state index < -0.39 is 0 Å². The molecule has 2 N–H and O–H groups in total. The Kier molecular flexibility index (Phi) is 5.79. The first-order valence-corrected chi connectivity index (χ1v) is 9.45. The molecule has 1 fully saturated rings. The molecule has 2 heterocycles.